The highest BCUT2D eigenvalue weighted by atomic mass is 127. The Hall–Kier alpha value is -1.64. The molecule has 7 heteroatoms. The number of imidazole rings is 1. The summed E-state index contributed by atoms with van der Waals surface area (Å²) in [4.78, 5) is 13.3. The Morgan fingerprint density at radius 1 is 1.25 bits per heavy atom. The Bertz CT molecular complexity index is 633. The van der Waals surface area contributed by atoms with Gasteiger partial charge >= 0.3 is 0 Å². The van der Waals surface area contributed by atoms with Crippen molar-refractivity contribution in [2.75, 3.05) is 13.1 Å². The zero-order valence-corrected chi connectivity index (χ0v) is 17.1. The summed E-state index contributed by atoms with van der Waals surface area (Å²) in [5.41, 5.74) is 1.08. The molecule has 0 saturated heterocycles. The van der Waals surface area contributed by atoms with Gasteiger partial charge in [0, 0.05) is 31.7 Å². The fourth-order valence-electron chi connectivity index (χ4n) is 2.09. The maximum Gasteiger partial charge on any atom is 0.191 e. The van der Waals surface area contributed by atoms with Crippen molar-refractivity contribution in [1.29, 1.82) is 0 Å². The van der Waals surface area contributed by atoms with Crippen molar-refractivity contribution >= 4 is 29.9 Å². The molecule has 2 aromatic rings. The highest BCUT2D eigenvalue weighted by molar-refractivity contribution is 14.0. The lowest BCUT2D eigenvalue weighted by Gasteiger charge is -2.13. The third-order valence-corrected chi connectivity index (χ3v) is 3.32. The van der Waals surface area contributed by atoms with Crippen molar-refractivity contribution in [3.63, 3.8) is 0 Å². The van der Waals surface area contributed by atoms with Crippen LogP contribution in [0.1, 0.15) is 32.2 Å². The Balaban J connectivity index is 0.00000288. The Labute approximate surface area is 161 Å². The van der Waals surface area contributed by atoms with Crippen molar-refractivity contribution < 1.29 is 0 Å². The summed E-state index contributed by atoms with van der Waals surface area (Å²) < 4.78 is 1.96. The first-order chi connectivity index (χ1) is 11.1. The molecule has 0 fully saturated rings. The highest BCUT2D eigenvalue weighted by Gasteiger charge is 2.03. The van der Waals surface area contributed by atoms with Crippen LogP contribution in [0.4, 0.5) is 0 Å². The predicted molar refractivity (Wildman–Crippen MR) is 109 cm³/mol. The molecular formula is C17H27IN6. The molecule has 0 saturated carbocycles. The Morgan fingerprint density at radius 2 is 2.04 bits per heavy atom. The molecule has 0 aliphatic carbocycles. The molecule has 132 valence electrons. The lowest BCUT2D eigenvalue weighted by atomic mass is 10.2. The first-order valence-corrected chi connectivity index (χ1v) is 8.07. The number of rotatable bonds is 6. The standard InChI is InChI=1S/C17H26N6.HI/c1-5-18-17(21-10-13(2)3)22-12-15-6-7-16(20-11-15)23-9-8-19-14(23)4;/h6-9,11,13H,5,10,12H2,1-4H3,(H2,18,21,22);1H. The number of aromatic nitrogens is 3. The molecule has 0 aliphatic heterocycles. The van der Waals surface area contributed by atoms with Gasteiger partial charge in [0.25, 0.3) is 0 Å². The number of aliphatic imine (C=N–C) groups is 1. The smallest absolute Gasteiger partial charge is 0.191 e. The molecule has 6 nitrogen and oxygen atoms in total. The summed E-state index contributed by atoms with van der Waals surface area (Å²) in [6.07, 6.45) is 5.55. The summed E-state index contributed by atoms with van der Waals surface area (Å²) in [6.45, 7) is 10.7. The fraction of sp³-hybridized carbons (Fsp3) is 0.471. The third kappa shape index (κ3) is 6.10. The summed E-state index contributed by atoms with van der Waals surface area (Å²) in [5.74, 6) is 3.22. The molecule has 2 aromatic heterocycles. The van der Waals surface area contributed by atoms with E-state index in [9.17, 15) is 0 Å². The van der Waals surface area contributed by atoms with E-state index in [1.165, 1.54) is 0 Å². The number of hydrogen-bond donors (Lipinski definition) is 2. The topological polar surface area (TPSA) is 67.1 Å². The van der Waals surface area contributed by atoms with Crippen LogP contribution in [0.3, 0.4) is 0 Å². The van der Waals surface area contributed by atoms with Crippen LogP contribution >= 0.6 is 24.0 Å². The number of nitrogens with zero attached hydrogens (tertiary/aromatic N) is 4. The van der Waals surface area contributed by atoms with Gasteiger partial charge in [-0.05, 0) is 31.4 Å². The van der Waals surface area contributed by atoms with Gasteiger partial charge in [-0.2, -0.15) is 0 Å². The molecular weight excluding hydrogens is 415 g/mol. The van der Waals surface area contributed by atoms with Crippen LogP contribution in [0, 0.1) is 12.8 Å². The fourth-order valence-corrected chi connectivity index (χ4v) is 2.09. The largest absolute Gasteiger partial charge is 0.357 e. The van der Waals surface area contributed by atoms with Crippen LogP contribution in [0.5, 0.6) is 0 Å². The van der Waals surface area contributed by atoms with Crippen LogP contribution < -0.4 is 10.6 Å². The van der Waals surface area contributed by atoms with Crippen LogP contribution in [-0.2, 0) is 6.54 Å². The quantitative estimate of drug-likeness (QED) is 0.410. The van der Waals surface area contributed by atoms with Gasteiger partial charge in [-0.1, -0.05) is 19.9 Å². The molecule has 0 spiro atoms. The third-order valence-electron chi connectivity index (χ3n) is 3.32. The molecule has 2 N–H and O–H groups in total. The second-order valence-corrected chi connectivity index (χ2v) is 5.84. The SMILES string of the molecule is CCNC(=NCc1ccc(-n2ccnc2C)nc1)NCC(C)C.I. The second kappa shape index (κ2) is 10.3. The minimum Gasteiger partial charge on any atom is -0.357 e. The molecule has 0 amide bonds. The van der Waals surface area contributed by atoms with Crippen LogP contribution in [-0.4, -0.2) is 33.6 Å². The van der Waals surface area contributed by atoms with E-state index in [1.807, 2.05) is 30.0 Å². The molecule has 0 radical (unpaired) electrons. The molecule has 0 bridgehead atoms. The zero-order chi connectivity index (χ0) is 16.7. The minimum atomic E-state index is 0. The minimum absolute atomic E-state index is 0. The average Bonchev–Trinajstić information content (AvgIpc) is 2.96. The molecule has 2 heterocycles. The highest BCUT2D eigenvalue weighted by Crippen LogP contribution is 2.09. The van der Waals surface area contributed by atoms with Crippen LogP contribution in [0.2, 0.25) is 0 Å². The van der Waals surface area contributed by atoms with E-state index in [-0.39, 0.29) is 24.0 Å². The van der Waals surface area contributed by atoms with Crippen LogP contribution in [0.25, 0.3) is 5.82 Å². The van der Waals surface area contributed by atoms with Crippen molar-refractivity contribution in [3.8, 4) is 5.82 Å². The van der Waals surface area contributed by atoms with E-state index in [0.29, 0.717) is 12.5 Å². The monoisotopic (exact) mass is 442 g/mol. The molecule has 24 heavy (non-hydrogen) atoms. The van der Waals surface area contributed by atoms with Gasteiger partial charge in [-0.15, -0.1) is 24.0 Å². The summed E-state index contributed by atoms with van der Waals surface area (Å²) in [6, 6.07) is 4.05. The number of aryl methyl sites for hydroxylation is 1. The number of pyridine rings is 1. The van der Waals surface area contributed by atoms with E-state index in [1.54, 1.807) is 6.20 Å². The van der Waals surface area contributed by atoms with Gasteiger partial charge < -0.3 is 10.6 Å². The van der Waals surface area contributed by atoms with Gasteiger partial charge in [-0.25, -0.2) is 15.0 Å². The number of halogens is 1. The van der Waals surface area contributed by atoms with Gasteiger partial charge in [0.15, 0.2) is 5.96 Å². The number of hydrogen-bond acceptors (Lipinski definition) is 3. The van der Waals surface area contributed by atoms with Crippen molar-refractivity contribution in [1.82, 2.24) is 25.2 Å². The molecule has 0 aromatic carbocycles. The van der Waals surface area contributed by atoms with Gasteiger partial charge in [-0.3, -0.25) is 4.57 Å². The normalized spacial score (nSPS) is 11.3. The summed E-state index contributed by atoms with van der Waals surface area (Å²) >= 11 is 0. The van der Waals surface area contributed by atoms with Crippen molar-refractivity contribution in [3.05, 3.63) is 42.1 Å². The average molecular weight is 442 g/mol. The Kier molecular flexibility index (Phi) is 8.73. The molecule has 0 aliphatic rings. The maximum absolute atomic E-state index is 4.60. The van der Waals surface area contributed by atoms with Gasteiger partial charge in [0.05, 0.1) is 6.54 Å². The lowest BCUT2D eigenvalue weighted by molar-refractivity contribution is 0.615. The van der Waals surface area contributed by atoms with Crippen molar-refractivity contribution in [2.24, 2.45) is 10.9 Å². The Morgan fingerprint density at radius 3 is 2.58 bits per heavy atom. The molecule has 0 atom stereocenters. The van der Waals surface area contributed by atoms with Gasteiger partial charge in [0.1, 0.15) is 11.6 Å². The zero-order valence-electron chi connectivity index (χ0n) is 14.8. The maximum atomic E-state index is 4.60. The van der Waals surface area contributed by atoms with Crippen LogP contribution in [0.15, 0.2) is 35.7 Å². The van der Waals surface area contributed by atoms with Crippen molar-refractivity contribution in [2.45, 2.75) is 34.2 Å². The van der Waals surface area contributed by atoms with Gasteiger partial charge in [0.2, 0.25) is 0 Å². The van der Waals surface area contributed by atoms with E-state index < -0.39 is 0 Å². The van der Waals surface area contributed by atoms with E-state index >= 15 is 0 Å². The predicted octanol–water partition coefficient (Wildman–Crippen LogP) is 2.90. The number of nitrogens with one attached hydrogen (secondary N) is 2. The first kappa shape index (κ1) is 20.4. The molecule has 2 rings (SSSR count). The number of guanidine groups is 1. The van der Waals surface area contributed by atoms with E-state index in [0.717, 1.165) is 36.3 Å². The van der Waals surface area contributed by atoms with E-state index in [4.69, 9.17) is 0 Å². The molecule has 0 unspecified atom stereocenters. The van der Waals surface area contributed by atoms with E-state index in [2.05, 4.69) is 52.4 Å². The summed E-state index contributed by atoms with van der Waals surface area (Å²) in [7, 11) is 0. The first-order valence-electron chi connectivity index (χ1n) is 8.07. The summed E-state index contributed by atoms with van der Waals surface area (Å²) in [5, 5.41) is 6.59. The second-order valence-electron chi connectivity index (χ2n) is 5.84. The lowest BCUT2D eigenvalue weighted by Crippen LogP contribution is -2.39.